The first kappa shape index (κ1) is 19.6. The fourth-order valence-corrected chi connectivity index (χ4v) is 3.70. The summed E-state index contributed by atoms with van der Waals surface area (Å²) in [5.74, 6) is 0.630. The lowest BCUT2D eigenvalue weighted by Gasteiger charge is -2.22. The van der Waals surface area contributed by atoms with Gasteiger partial charge in [0.15, 0.2) is 5.76 Å². The van der Waals surface area contributed by atoms with Crippen LogP contribution in [0.3, 0.4) is 0 Å². The van der Waals surface area contributed by atoms with E-state index in [1.807, 2.05) is 24.3 Å². The Hall–Kier alpha value is -2.76. The van der Waals surface area contributed by atoms with E-state index in [2.05, 4.69) is 41.3 Å². The van der Waals surface area contributed by atoms with Crippen molar-refractivity contribution in [1.82, 2.24) is 4.90 Å². The van der Waals surface area contributed by atoms with Crippen LogP contribution in [0, 0.1) is 0 Å². The highest BCUT2D eigenvalue weighted by Gasteiger charge is 2.24. The van der Waals surface area contributed by atoms with E-state index in [9.17, 15) is 4.79 Å². The Morgan fingerprint density at radius 1 is 1.07 bits per heavy atom. The van der Waals surface area contributed by atoms with Crippen LogP contribution >= 0.6 is 11.6 Å². The molecule has 0 radical (unpaired) electrons. The predicted octanol–water partition coefficient (Wildman–Crippen LogP) is 4.99. The Labute approximate surface area is 175 Å². The Morgan fingerprint density at radius 3 is 2.45 bits per heavy atom. The zero-order valence-corrected chi connectivity index (χ0v) is 17.3. The summed E-state index contributed by atoms with van der Waals surface area (Å²) >= 11 is 5.92. The molecule has 1 aliphatic rings. The molecule has 1 N–H and O–H groups in total. The number of carbonyl (C=O) groups is 1. The van der Waals surface area contributed by atoms with Gasteiger partial charge in [0, 0.05) is 41.1 Å². The van der Waals surface area contributed by atoms with Crippen molar-refractivity contribution in [2.75, 3.05) is 37.4 Å². The van der Waals surface area contributed by atoms with Crippen LogP contribution in [0.15, 0.2) is 65.1 Å². The summed E-state index contributed by atoms with van der Waals surface area (Å²) in [6, 6.07) is 19.3. The molecule has 0 bridgehead atoms. The topological polar surface area (TPSA) is 48.7 Å². The lowest BCUT2D eigenvalue weighted by molar-refractivity contribution is 0.0997. The van der Waals surface area contributed by atoms with Gasteiger partial charge in [0.25, 0.3) is 5.91 Å². The van der Waals surface area contributed by atoms with Crippen LogP contribution in [0.25, 0.3) is 11.3 Å². The third-order valence-corrected chi connectivity index (χ3v) is 5.59. The van der Waals surface area contributed by atoms with Gasteiger partial charge < -0.3 is 19.5 Å². The summed E-state index contributed by atoms with van der Waals surface area (Å²) < 4.78 is 5.71. The Bertz CT molecular complexity index is 980. The molecule has 2 heterocycles. The standard InChI is InChI=1S/C23H24ClN3O2/c1-26(2)20-13-14-27(15-20)19-9-7-18(8-10-19)25-23(28)22-12-11-21(29-22)16-3-5-17(24)6-4-16/h3-12,20H,13-15H2,1-2H3,(H,25,28). The molecule has 1 atom stereocenters. The highest BCUT2D eigenvalue weighted by Crippen LogP contribution is 2.26. The van der Waals surface area contributed by atoms with Gasteiger partial charge in [-0.1, -0.05) is 11.6 Å². The number of furan rings is 1. The molecule has 150 valence electrons. The van der Waals surface area contributed by atoms with Crippen molar-refractivity contribution < 1.29 is 9.21 Å². The summed E-state index contributed by atoms with van der Waals surface area (Å²) in [5, 5.41) is 3.56. The number of anilines is 2. The minimum Gasteiger partial charge on any atom is -0.451 e. The normalized spacial score (nSPS) is 16.4. The van der Waals surface area contributed by atoms with Crippen molar-refractivity contribution in [2.45, 2.75) is 12.5 Å². The monoisotopic (exact) mass is 409 g/mol. The minimum atomic E-state index is -0.271. The maximum absolute atomic E-state index is 12.5. The predicted molar refractivity (Wildman–Crippen MR) is 118 cm³/mol. The van der Waals surface area contributed by atoms with Crippen LogP contribution in [-0.4, -0.2) is 44.0 Å². The van der Waals surface area contributed by atoms with Crippen molar-refractivity contribution in [3.8, 4) is 11.3 Å². The second-order valence-corrected chi connectivity index (χ2v) is 7.96. The summed E-state index contributed by atoms with van der Waals surface area (Å²) in [6.07, 6.45) is 1.17. The van der Waals surface area contributed by atoms with Crippen molar-refractivity contribution >= 4 is 28.9 Å². The highest BCUT2D eigenvalue weighted by atomic mass is 35.5. The molecule has 0 spiro atoms. The molecular weight excluding hydrogens is 386 g/mol. The summed E-state index contributed by atoms with van der Waals surface area (Å²) in [4.78, 5) is 17.2. The quantitative estimate of drug-likeness (QED) is 0.644. The molecule has 1 fully saturated rings. The number of rotatable bonds is 5. The van der Waals surface area contributed by atoms with E-state index in [1.165, 1.54) is 12.1 Å². The van der Waals surface area contributed by atoms with Crippen molar-refractivity contribution in [3.63, 3.8) is 0 Å². The number of amides is 1. The number of likely N-dealkylation sites (N-methyl/N-ethyl adjacent to an activating group) is 1. The van der Waals surface area contributed by atoms with E-state index in [4.69, 9.17) is 16.0 Å². The first-order chi connectivity index (χ1) is 14.0. The number of halogens is 1. The van der Waals surface area contributed by atoms with Gasteiger partial charge in [-0.05, 0) is 81.2 Å². The van der Waals surface area contributed by atoms with E-state index in [-0.39, 0.29) is 11.7 Å². The summed E-state index contributed by atoms with van der Waals surface area (Å²) in [7, 11) is 4.25. The molecule has 4 rings (SSSR count). The fraction of sp³-hybridized carbons (Fsp3) is 0.261. The molecule has 1 saturated heterocycles. The van der Waals surface area contributed by atoms with Crippen molar-refractivity contribution in [2.24, 2.45) is 0 Å². The number of carbonyl (C=O) groups excluding carboxylic acids is 1. The van der Waals surface area contributed by atoms with Crippen LogP contribution in [0.4, 0.5) is 11.4 Å². The van der Waals surface area contributed by atoms with Gasteiger partial charge in [-0.2, -0.15) is 0 Å². The number of benzene rings is 2. The number of nitrogens with one attached hydrogen (secondary N) is 1. The smallest absolute Gasteiger partial charge is 0.291 e. The number of hydrogen-bond donors (Lipinski definition) is 1. The maximum Gasteiger partial charge on any atom is 0.291 e. The second kappa shape index (κ2) is 8.31. The molecule has 3 aromatic rings. The fourth-order valence-electron chi connectivity index (χ4n) is 3.58. The van der Waals surface area contributed by atoms with Crippen molar-refractivity contribution in [1.29, 1.82) is 0 Å². The van der Waals surface area contributed by atoms with Gasteiger partial charge in [-0.3, -0.25) is 4.79 Å². The van der Waals surface area contributed by atoms with E-state index >= 15 is 0 Å². The second-order valence-electron chi connectivity index (χ2n) is 7.52. The molecule has 1 aliphatic heterocycles. The zero-order valence-electron chi connectivity index (χ0n) is 16.6. The van der Waals surface area contributed by atoms with Crippen molar-refractivity contribution in [3.05, 3.63) is 71.4 Å². The molecular formula is C23H24ClN3O2. The largest absolute Gasteiger partial charge is 0.451 e. The van der Waals surface area contributed by atoms with Crippen LogP contribution in [0.5, 0.6) is 0 Å². The lowest BCUT2D eigenvalue weighted by atomic mass is 10.2. The molecule has 0 saturated carbocycles. The molecule has 5 nitrogen and oxygen atoms in total. The van der Waals surface area contributed by atoms with Crippen LogP contribution in [0.2, 0.25) is 5.02 Å². The third kappa shape index (κ3) is 4.47. The Morgan fingerprint density at radius 2 is 1.79 bits per heavy atom. The molecule has 1 amide bonds. The SMILES string of the molecule is CN(C)C1CCN(c2ccc(NC(=O)c3ccc(-c4ccc(Cl)cc4)o3)cc2)C1. The first-order valence-electron chi connectivity index (χ1n) is 9.68. The molecule has 29 heavy (non-hydrogen) atoms. The third-order valence-electron chi connectivity index (χ3n) is 5.34. The Balaban J connectivity index is 1.39. The molecule has 1 unspecified atom stereocenters. The van der Waals surface area contributed by atoms with Gasteiger partial charge in [0.05, 0.1) is 0 Å². The summed E-state index contributed by atoms with van der Waals surface area (Å²) in [5.41, 5.74) is 2.79. The highest BCUT2D eigenvalue weighted by molar-refractivity contribution is 6.30. The number of hydrogen-bond acceptors (Lipinski definition) is 4. The van der Waals surface area contributed by atoms with Gasteiger partial charge in [0.2, 0.25) is 0 Å². The van der Waals surface area contributed by atoms with Crippen LogP contribution in [-0.2, 0) is 0 Å². The molecule has 6 heteroatoms. The molecule has 2 aromatic carbocycles. The number of nitrogens with zero attached hydrogens (tertiary/aromatic N) is 2. The van der Waals surface area contributed by atoms with Gasteiger partial charge in [-0.25, -0.2) is 0 Å². The molecule has 1 aromatic heterocycles. The lowest BCUT2D eigenvalue weighted by Crippen LogP contribution is -2.31. The first-order valence-corrected chi connectivity index (χ1v) is 10.1. The maximum atomic E-state index is 12.5. The average molecular weight is 410 g/mol. The summed E-state index contributed by atoms with van der Waals surface area (Å²) in [6.45, 7) is 2.08. The van der Waals surface area contributed by atoms with Crippen LogP contribution in [0.1, 0.15) is 17.0 Å². The van der Waals surface area contributed by atoms with E-state index in [1.54, 1.807) is 24.3 Å². The zero-order chi connectivity index (χ0) is 20.4. The van der Waals surface area contributed by atoms with Crippen LogP contribution < -0.4 is 10.2 Å². The van der Waals surface area contributed by atoms with E-state index < -0.39 is 0 Å². The Kier molecular flexibility index (Phi) is 5.60. The van der Waals surface area contributed by atoms with Gasteiger partial charge in [-0.15, -0.1) is 0 Å². The average Bonchev–Trinajstić information content (AvgIpc) is 3.39. The molecule has 0 aliphatic carbocycles. The van der Waals surface area contributed by atoms with E-state index in [0.29, 0.717) is 16.8 Å². The van der Waals surface area contributed by atoms with E-state index in [0.717, 1.165) is 24.3 Å². The minimum absolute atomic E-state index is 0.271. The van der Waals surface area contributed by atoms with Gasteiger partial charge >= 0.3 is 0 Å². The van der Waals surface area contributed by atoms with Gasteiger partial charge in [0.1, 0.15) is 5.76 Å².